The van der Waals surface area contributed by atoms with Gasteiger partial charge in [0.15, 0.2) is 5.65 Å². The van der Waals surface area contributed by atoms with Crippen LogP contribution in [0.15, 0.2) is 49.1 Å². The van der Waals surface area contributed by atoms with Crippen molar-refractivity contribution in [3.63, 3.8) is 0 Å². The van der Waals surface area contributed by atoms with E-state index in [1.54, 1.807) is 12.5 Å². The first kappa shape index (κ1) is 12.2. The minimum atomic E-state index is 0.466. The topological polar surface area (TPSA) is 54.8 Å². The molecule has 0 radical (unpaired) electrons. The highest BCUT2D eigenvalue weighted by molar-refractivity contribution is 5.86. The Hall–Kier alpha value is -2.56. The van der Waals surface area contributed by atoms with Crippen LogP contribution < -0.4 is 4.90 Å². The molecule has 4 rings (SSSR count). The number of aromatic nitrogens is 4. The first-order chi connectivity index (χ1) is 10.4. The molecular formula is C16H15N5. The van der Waals surface area contributed by atoms with E-state index in [4.69, 9.17) is 0 Å². The zero-order valence-corrected chi connectivity index (χ0v) is 11.6. The average molecular weight is 277 g/mol. The monoisotopic (exact) mass is 277 g/mol. The number of hydrogen-bond donors (Lipinski definition) is 0. The largest absolute Gasteiger partial charge is 0.355 e. The quantitative estimate of drug-likeness (QED) is 0.720. The lowest BCUT2D eigenvalue weighted by Gasteiger charge is -2.18. The van der Waals surface area contributed by atoms with Crippen LogP contribution in [0, 0.1) is 0 Å². The maximum atomic E-state index is 4.48. The number of fused-ring (bicyclic) bond motifs is 1. The molecule has 21 heavy (non-hydrogen) atoms. The maximum Gasteiger partial charge on any atom is 0.164 e. The minimum Gasteiger partial charge on any atom is -0.355 e. The summed E-state index contributed by atoms with van der Waals surface area (Å²) >= 11 is 0. The normalized spacial score (nSPS) is 18.3. The van der Waals surface area contributed by atoms with Gasteiger partial charge in [-0.05, 0) is 30.7 Å². The van der Waals surface area contributed by atoms with Crippen molar-refractivity contribution in [1.29, 1.82) is 0 Å². The summed E-state index contributed by atoms with van der Waals surface area (Å²) < 4.78 is 0. The van der Waals surface area contributed by atoms with Crippen LogP contribution in [0.2, 0.25) is 0 Å². The Morgan fingerprint density at radius 1 is 0.952 bits per heavy atom. The van der Waals surface area contributed by atoms with Crippen LogP contribution in [0.3, 0.4) is 0 Å². The molecule has 3 aromatic heterocycles. The third-order valence-corrected chi connectivity index (χ3v) is 3.98. The fourth-order valence-electron chi connectivity index (χ4n) is 2.95. The second-order valence-corrected chi connectivity index (χ2v) is 5.26. The number of anilines is 1. The number of pyridine rings is 2. The van der Waals surface area contributed by atoms with Crippen molar-refractivity contribution < 1.29 is 0 Å². The Balaban J connectivity index is 1.66. The van der Waals surface area contributed by atoms with Crippen LogP contribution in [0.5, 0.6) is 0 Å². The molecule has 1 saturated heterocycles. The molecule has 104 valence electrons. The van der Waals surface area contributed by atoms with E-state index in [9.17, 15) is 0 Å². The van der Waals surface area contributed by atoms with E-state index in [-0.39, 0.29) is 0 Å². The van der Waals surface area contributed by atoms with Crippen LogP contribution >= 0.6 is 0 Å². The summed E-state index contributed by atoms with van der Waals surface area (Å²) in [7, 11) is 0. The van der Waals surface area contributed by atoms with Gasteiger partial charge in [-0.3, -0.25) is 4.98 Å². The Bertz CT molecular complexity index is 753. The molecule has 0 aromatic carbocycles. The predicted molar refractivity (Wildman–Crippen MR) is 81.1 cm³/mol. The maximum absolute atomic E-state index is 4.48. The van der Waals surface area contributed by atoms with E-state index in [0.29, 0.717) is 5.92 Å². The fourth-order valence-corrected chi connectivity index (χ4v) is 2.95. The first-order valence-electron chi connectivity index (χ1n) is 7.13. The van der Waals surface area contributed by atoms with Crippen LogP contribution in [-0.2, 0) is 0 Å². The van der Waals surface area contributed by atoms with Gasteiger partial charge in [0.25, 0.3) is 0 Å². The minimum absolute atomic E-state index is 0.466. The Kier molecular flexibility index (Phi) is 2.96. The molecule has 3 aromatic rings. The SMILES string of the molecule is c1ccc(C2CCN(c3ncnc4ncccc34)C2)nc1. The lowest BCUT2D eigenvalue weighted by atomic mass is 10.0. The lowest BCUT2D eigenvalue weighted by Crippen LogP contribution is -2.21. The molecule has 4 heterocycles. The van der Waals surface area contributed by atoms with Gasteiger partial charge in [0.1, 0.15) is 12.1 Å². The molecule has 0 saturated carbocycles. The van der Waals surface area contributed by atoms with Gasteiger partial charge in [-0.25, -0.2) is 15.0 Å². The van der Waals surface area contributed by atoms with Gasteiger partial charge in [-0.2, -0.15) is 0 Å². The van der Waals surface area contributed by atoms with E-state index < -0.39 is 0 Å². The third kappa shape index (κ3) is 2.20. The molecule has 1 fully saturated rings. The van der Waals surface area contributed by atoms with Gasteiger partial charge in [-0.15, -0.1) is 0 Å². The van der Waals surface area contributed by atoms with Gasteiger partial charge in [0.2, 0.25) is 0 Å². The van der Waals surface area contributed by atoms with Crippen molar-refractivity contribution in [1.82, 2.24) is 19.9 Å². The van der Waals surface area contributed by atoms with E-state index in [2.05, 4.69) is 37.0 Å². The molecule has 1 atom stereocenters. The highest BCUT2D eigenvalue weighted by atomic mass is 15.2. The Morgan fingerprint density at radius 3 is 2.81 bits per heavy atom. The molecule has 5 heteroatoms. The van der Waals surface area contributed by atoms with Crippen molar-refractivity contribution in [3.8, 4) is 0 Å². The number of rotatable bonds is 2. The second kappa shape index (κ2) is 5.09. The number of nitrogens with zero attached hydrogens (tertiary/aromatic N) is 5. The van der Waals surface area contributed by atoms with Crippen LogP contribution in [0.4, 0.5) is 5.82 Å². The van der Waals surface area contributed by atoms with Crippen molar-refractivity contribution in [3.05, 3.63) is 54.7 Å². The van der Waals surface area contributed by atoms with Crippen LogP contribution in [-0.4, -0.2) is 33.0 Å². The van der Waals surface area contributed by atoms with Crippen LogP contribution in [0.25, 0.3) is 11.0 Å². The van der Waals surface area contributed by atoms with E-state index in [1.165, 1.54) is 0 Å². The first-order valence-corrected chi connectivity index (χ1v) is 7.13. The molecule has 1 aliphatic heterocycles. The smallest absolute Gasteiger partial charge is 0.164 e. The molecule has 0 N–H and O–H groups in total. The molecule has 5 nitrogen and oxygen atoms in total. The predicted octanol–water partition coefficient (Wildman–Crippen LogP) is 2.41. The van der Waals surface area contributed by atoms with E-state index in [0.717, 1.165) is 42.1 Å². The van der Waals surface area contributed by atoms with Crippen LogP contribution in [0.1, 0.15) is 18.0 Å². The lowest BCUT2D eigenvalue weighted by molar-refractivity contribution is 0.744. The standard InChI is InChI=1S/C16H15N5/c1-2-7-17-14(5-1)12-6-9-21(10-12)16-13-4-3-8-18-15(13)19-11-20-16/h1-5,7-8,11-12H,6,9-10H2. The summed E-state index contributed by atoms with van der Waals surface area (Å²) in [6, 6.07) is 10.1. The number of hydrogen-bond acceptors (Lipinski definition) is 5. The van der Waals surface area contributed by atoms with Crippen molar-refractivity contribution in [2.24, 2.45) is 0 Å². The molecule has 1 unspecified atom stereocenters. The average Bonchev–Trinajstić information content (AvgIpc) is 3.05. The summed E-state index contributed by atoms with van der Waals surface area (Å²) in [6.45, 7) is 1.93. The molecule has 0 aliphatic carbocycles. The highest BCUT2D eigenvalue weighted by Gasteiger charge is 2.26. The molecule has 0 spiro atoms. The molecular weight excluding hydrogens is 262 g/mol. The van der Waals surface area contributed by atoms with Crippen molar-refractivity contribution in [2.75, 3.05) is 18.0 Å². The summed E-state index contributed by atoms with van der Waals surface area (Å²) in [6.07, 6.45) is 6.32. The van der Waals surface area contributed by atoms with E-state index in [1.807, 2.05) is 24.4 Å². The van der Waals surface area contributed by atoms with E-state index >= 15 is 0 Å². The zero-order chi connectivity index (χ0) is 14.1. The Morgan fingerprint density at radius 2 is 1.90 bits per heavy atom. The third-order valence-electron chi connectivity index (χ3n) is 3.98. The van der Waals surface area contributed by atoms with Gasteiger partial charge in [0, 0.05) is 37.1 Å². The highest BCUT2D eigenvalue weighted by Crippen LogP contribution is 2.31. The summed E-state index contributed by atoms with van der Waals surface area (Å²) in [5.41, 5.74) is 1.92. The molecule has 0 bridgehead atoms. The molecule has 0 amide bonds. The molecule has 1 aliphatic rings. The zero-order valence-electron chi connectivity index (χ0n) is 11.6. The van der Waals surface area contributed by atoms with Crippen molar-refractivity contribution >= 4 is 16.9 Å². The van der Waals surface area contributed by atoms with Gasteiger partial charge >= 0.3 is 0 Å². The van der Waals surface area contributed by atoms with Gasteiger partial charge < -0.3 is 4.90 Å². The van der Waals surface area contributed by atoms with Gasteiger partial charge in [0.05, 0.1) is 5.39 Å². The fraction of sp³-hybridized carbons (Fsp3) is 0.250. The van der Waals surface area contributed by atoms with Gasteiger partial charge in [-0.1, -0.05) is 6.07 Å². The Labute approximate surface area is 122 Å². The summed E-state index contributed by atoms with van der Waals surface area (Å²) in [4.78, 5) is 19.8. The van der Waals surface area contributed by atoms with Crippen molar-refractivity contribution in [2.45, 2.75) is 12.3 Å². The summed E-state index contributed by atoms with van der Waals surface area (Å²) in [5.74, 6) is 1.44. The summed E-state index contributed by atoms with van der Waals surface area (Å²) in [5, 5.41) is 1.02. The second-order valence-electron chi connectivity index (χ2n) is 5.26.